The van der Waals surface area contributed by atoms with Gasteiger partial charge in [-0.25, -0.2) is 0 Å². The van der Waals surface area contributed by atoms with Gasteiger partial charge in [-0.05, 0) is 129 Å². The molecule has 0 N–H and O–H groups in total. The van der Waals surface area contributed by atoms with Crippen molar-refractivity contribution in [3.63, 3.8) is 0 Å². The highest BCUT2D eigenvalue weighted by molar-refractivity contribution is 6.09. The van der Waals surface area contributed by atoms with Gasteiger partial charge in [-0.1, -0.05) is 200 Å². The Hall–Kier alpha value is -8.20. The number of anilines is 3. The average Bonchev–Trinajstić information content (AvgIpc) is 3.89. The van der Waals surface area contributed by atoms with Crippen LogP contribution >= 0.6 is 0 Å². The van der Waals surface area contributed by atoms with Crippen LogP contribution in [0.5, 0.6) is 0 Å². The molecule has 0 saturated heterocycles. The van der Waals surface area contributed by atoms with Crippen LogP contribution in [-0.4, -0.2) is 0 Å². The summed E-state index contributed by atoms with van der Waals surface area (Å²) in [6.45, 7) is 2.40. The molecule has 66 heavy (non-hydrogen) atoms. The van der Waals surface area contributed by atoms with Gasteiger partial charge in [0, 0.05) is 38.8 Å². The fourth-order valence-corrected chi connectivity index (χ4v) is 10.6. The predicted octanol–water partition coefficient (Wildman–Crippen LogP) is 16.9. The van der Waals surface area contributed by atoms with E-state index in [2.05, 4.69) is 248 Å². The van der Waals surface area contributed by atoms with Crippen molar-refractivity contribution in [2.24, 2.45) is 0 Å². The van der Waals surface area contributed by atoms with Gasteiger partial charge < -0.3 is 9.32 Å². The summed E-state index contributed by atoms with van der Waals surface area (Å²) >= 11 is 0. The van der Waals surface area contributed by atoms with Gasteiger partial charge in [0.2, 0.25) is 0 Å². The van der Waals surface area contributed by atoms with E-state index in [4.69, 9.17) is 4.42 Å². The van der Waals surface area contributed by atoms with Crippen LogP contribution in [0.15, 0.2) is 247 Å². The first-order valence-electron chi connectivity index (χ1n) is 23.0. The normalized spacial score (nSPS) is 14.0. The Bertz CT molecular complexity index is 3530. The molecule has 10 aromatic carbocycles. The third-order valence-corrected chi connectivity index (χ3v) is 13.9. The standard InChI is InChI=1S/C64H47NO/c1-64(49-23-9-4-10-24-49)60-30-15-13-26-56(60)57-39-37-52(43-61(57)64)65(50-34-32-46(33-35-50)55-28-17-29-59-58-27-14-16-31-62(58)66-63(55)59)51-36-38-54(48(42-51)41-45-20-7-3-8-21-45)53-25-12-11-22-47(53)40-44-18-5-2-6-19-44/h2-39,42-43H,40-41H2,1H3. The van der Waals surface area contributed by atoms with Crippen molar-refractivity contribution < 1.29 is 4.42 Å². The Morgan fingerprint density at radius 3 is 1.67 bits per heavy atom. The van der Waals surface area contributed by atoms with Gasteiger partial charge in [0.05, 0.1) is 0 Å². The Morgan fingerprint density at radius 2 is 0.909 bits per heavy atom. The van der Waals surface area contributed by atoms with Gasteiger partial charge in [0.15, 0.2) is 0 Å². The molecular weight excluding hydrogens is 799 g/mol. The first-order valence-corrected chi connectivity index (χ1v) is 23.0. The maximum absolute atomic E-state index is 6.52. The van der Waals surface area contributed by atoms with Gasteiger partial charge in [-0.3, -0.25) is 0 Å². The lowest BCUT2D eigenvalue weighted by Gasteiger charge is -2.31. The lowest BCUT2D eigenvalue weighted by molar-refractivity contribution is 0.670. The summed E-state index contributed by atoms with van der Waals surface area (Å²) in [4.78, 5) is 2.45. The molecule has 1 atom stereocenters. The Morgan fingerprint density at radius 1 is 0.379 bits per heavy atom. The quantitative estimate of drug-likeness (QED) is 0.136. The van der Waals surface area contributed by atoms with E-state index in [9.17, 15) is 0 Å². The zero-order valence-electron chi connectivity index (χ0n) is 36.9. The first kappa shape index (κ1) is 39.4. The van der Waals surface area contributed by atoms with E-state index in [0.717, 1.165) is 63.0 Å². The van der Waals surface area contributed by atoms with Crippen LogP contribution in [0.1, 0.15) is 45.9 Å². The molecule has 1 heterocycles. The van der Waals surface area contributed by atoms with Crippen molar-refractivity contribution in [2.75, 3.05) is 4.90 Å². The summed E-state index contributed by atoms with van der Waals surface area (Å²) in [6, 6.07) is 88.6. The number of hydrogen-bond acceptors (Lipinski definition) is 2. The monoisotopic (exact) mass is 845 g/mol. The average molecular weight is 846 g/mol. The molecule has 12 rings (SSSR count). The highest BCUT2D eigenvalue weighted by Crippen LogP contribution is 2.54. The molecule has 0 saturated carbocycles. The summed E-state index contributed by atoms with van der Waals surface area (Å²) in [5, 5.41) is 2.27. The molecule has 0 spiro atoms. The van der Waals surface area contributed by atoms with Crippen LogP contribution in [-0.2, 0) is 18.3 Å². The number of benzene rings is 10. The largest absolute Gasteiger partial charge is 0.455 e. The zero-order valence-corrected chi connectivity index (χ0v) is 36.9. The second kappa shape index (κ2) is 16.4. The van der Waals surface area contributed by atoms with Crippen LogP contribution in [0.2, 0.25) is 0 Å². The minimum Gasteiger partial charge on any atom is -0.455 e. The first-order chi connectivity index (χ1) is 32.6. The fourth-order valence-electron chi connectivity index (χ4n) is 10.6. The van der Waals surface area contributed by atoms with Crippen molar-refractivity contribution in [2.45, 2.75) is 25.2 Å². The Kier molecular flexibility index (Phi) is 9.80. The van der Waals surface area contributed by atoms with E-state index < -0.39 is 0 Å². The molecule has 1 unspecified atom stereocenters. The number of furan rings is 1. The van der Waals surface area contributed by atoms with Gasteiger partial charge in [-0.2, -0.15) is 0 Å². The summed E-state index contributed by atoms with van der Waals surface area (Å²) in [5.41, 5.74) is 21.2. The predicted molar refractivity (Wildman–Crippen MR) is 275 cm³/mol. The van der Waals surface area contributed by atoms with Crippen molar-refractivity contribution in [3.05, 3.63) is 282 Å². The number of nitrogens with zero attached hydrogens (tertiary/aromatic N) is 1. The Labute approximate surface area is 386 Å². The molecule has 0 amide bonds. The molecular formula is C64H47NO. The lowest BCUT2D eigenvalue weighted by atomic mass is 9.74. The maximum Gasteiger partial charge on any atom is 0.143 e. The van der Waals surface area contributed by atoms with Crippen molar-refractivity contribution in [3.8, 4) is 33.4 Å². The molecule has 2 heteroatoms. The third kappa shape index (κ3) is 6.82. The highest BCUT2D eigenvalue weighted by atomic mass is 16.3. The molecule has 1 aromatic heterocycles. The summed E-state index contributed by atoms with van der Waals surface area (Å²) in [5.74, 6) is 0. The minimum absolute atomic E-state index is 0.339. The molecule has 1 aliphatic carbocycles. The minimum atomic E-state index is -0.339. The summed E-state index contributed by atoms with van der Waals surface area (Å²) in [7, 11) is 0. The van der Waals surface area contributed by atoms with Gasteiger partial charge in [-0.15, -0.1) is 0 Å². The molecule has 1 aliphatic rings. The van der Waals surface area contributed by atoms with E-state index in [0.29, 0.717) is 0 Å². The molecule has 0 radical (unpaired) electrons. The maximum atomic E-state index is 6.52. The molecule has 0 aliphatic heterocycles. The van der Waals surface area contributed by atoms with E-state index in [1.54, 1.807) is 0 Å². The van der Waals surface area contributed by atoms with Crippen molar-refractivity contribution in [1.29, 1.82) is 0 Å². The van der Waals surface area contributed by atoms with Gasteiger partial charge >= 0.3 is 0 Å². The van der Waals surface area contributed by atoms with Crippen molar-refractivity contribution >= 4 is 39.0 Å². The molecule has 314 valence electrons. The van der Waals surface area contributed by atoms with E-state index >= 15 is 0 Å². The van der Waals surface area contributed by atoms with E-state index in [1.807, 2.05) is 6.07 Å². The molecule has 0 bridgehead atoms. The van der Waals surface area contributed by atoms with Crippen LogP contribution in [0.25, 0.3) is 55.3 Å². The van der Waals surface area contributed by atoms with Crippen LogP contribution in [0.3, 0.4) is 0 Å². The van der Waals surface area contributed by atoms with E-state index in [-0.39, 0.29) is 5.41 Å². The van der Waals surface area contributed by atoms with Crippen molar-refractivity contribution in [1.82, 2.24) is 0 Å². The third-order valence-electron chi connectivity index (χ3n) is 13.9. The van der Waals surface area contributed by atoms with Gasteiger partial charge in [0.1, 0.15) is 11.2 Å². The molecule has 0 fully saturated rings. The molecule has 11 aromatic rings. The number of hydrogen-bond donors (Lipinski definition) is 0. The topological polar surface area (TPSA) is 16.4 Å². The van der Waals surface area contributed by atoms with Crippen LogP contribution in [0.4, 0.5) is 17.1 Å². The van der Waals surface area contributed by atoms with E-state index in [1.165, 1.54) is 61.2 Å². The highest BCUT2D eigenvalue weighted by Gasteiger charge is 2.41. The van der Waals surface area contributed by atoms with Crippen LogP contribution in [0, 0.1) is 0 Å². The second-order valence-electron chi connectivity index (χ2n) is 17.8. The SMILES string of the molecule is CC1(c2ccccc2)c2ccccc2-c2ccc(N(c3ccc(-c4cccc5c4oc4ccccc45)cc3)c3ccc(-c4ccccc4Cc4ccccc4)c(Cc4ccccc4)c3)cc21. The van der Waals surface area contributed by atoms with Crippen LogP contribution < -0.4 is 4.90 Å². The second-order valence-corrected chi connectivity index (χ2v) is 17.8. The van der Waals surface area contributed by atoms with Gasteiger partial charge in [0.25, 0.3) is 0 Å². The number of para-hydroxylation sites is 2. The summed E-state index contributed by atoms with van der Waals surface area (Å²) in [6.07, 6.45) is 1.66. The smallest absolute Gasteiger partial charge is 0.143 e. The Balaban J connectivity index is 1.04. The lowest BCUT2D eigenvalue weighted by Crippen LogP contribution is -2.22. The number of rotatable bonds is 10. The zero-order chi connectivity index (χ0) is 44.0. The number of fused-ring (bicyclic) bond motifs is 6. The molecule has 2 nitrogen and oxygen atoms in total. The fraction of sp³-hybridized carbons (Fsp3) is 0.0625. The summed E-state index contributed by atoms with van der Waals surface area (Å²) < 4.78 is 6.52.